The van der Waals surface area contributed by atoms with E-state index in [-0.39, 0.29) is 23.9 Å². The first-order chi connectivity index (χ1) is 12.2. The molecule has 2 fully saturated rings. The van der Waals surface area contributed by atoms with Gasteiger partial charge in [0, 0.05) is 44.2 Å². The molecule has 6 nitrogen and oxygen atoms in total. The minimum atomic E-state index is -0.385. The van der Waals surface area contributed by atoms with Crippen molar-refractivity contribution in [2.24, 2.45) is 0 Å². The molecular weight excluding hydrogens is 323 g/mol. The lowest BCUT2D eigenvalue weighted by atomic mass is 10.1. The average Bonchev–Trinajstić information content (AvgIpc) is 3.03. The van der Waals surface area contributed by atoms with E-state index in [1.807, 2.05) is 4.90 Å². The number of fused-ring (bicyclic) bond motifs is 1. The van der Waals surface area contributed by atoms with E-state index in [0.29, 0.717) is 24.4 Å². The molecule has 1 amide bonds. The zero-order chi connectivity index (χ0) is 17.2. The Kier molecular flexibility index (Phi) is 4.31. The molecule has 0 aliphatic carbocycles. The maximum atomic E-state index is 13.4. The van der Waals surface area contributed by atoms with Gasteiger partial charge in [0.2, 0.25) is 0 Å². The van der Waals surface area contributed by atoms with Gasteiger partial charge in [0.1, 0.15) is 18.2 Å². The average molecular weight is 342 g/mol. The lowest BCUT2D eigenvalue weighted by Crippen LogP contribution is -2.52. The van der Waals surface area contributed by atoms with Crippen molar-refractivity contribution in [3.05, 3.63) is 54.4 Å². The van der Waals surface area contributed by atoms with Crippen LogP contribution in [-0.2, 0) is 0 Å². The van der Waals surface area contributed by atoms with Crippen LogP contribution in [-0.4, -0.2) is 64.0 Å². The van der Waals surface area contributed by atoms with Gasteiger partial charge in [0.25, 0.3) is 5.91 Å². The molecule has 2 aliphatic rings. The molecule has 0 bridgehead atoms. The SMILES string of the molecule is O=C(c1cccc(F)c1)N1CCN2C[C@H](Oc3cncnc3)C[C@H]2C1. The first-order valence-electron chi connectivity index (χ1n) is 8.39. The zero-order valence-electron chi connectivity index (χ0n) is 13.7. The predicted molar refractivity (Wildman–Crippen MR) is 88.7 cm³/mol. The molecule has 0 spiro atoms. The van der Waals surface area contributed by atoms with Crippen LogP contribution in [0.5, 0.6) is 5.75 Å². The molecule has 2 aliphatic heterocycles. The summed E-state index contributed by atoms with van der Waals surface area (Å²) in [6.45, 7) is 2.92. The largest absolute Gasteiger partial charge is 0.486 e. The summed E-state index contributed by atoms with van der Waals surface area (Å²) in [5.41, 5.74) is 0.403. The van der Waals surface area contributed by atoms with Crippen molar-refractivity contribution in [3.63, 3.8) is 0 Å². The lowest BCUT2D eigenvalue weighted by molar-refractivity contribution is 0.0569. The number of nitrogens with zero attached hydrogens (tertiary/aromatic N) is 4. The van der Waals surface area contributed by atoms with Crippen LogP contribution >= 0.6 is 0 Å². The highest BCUT2D eigenvalue weighted by Crippen LogP contribution is 2.26. The topological polar surface area (TPSA) is 58.6 Å². The van der Waals surface area contributed by atoms with E-state index in [0.717, 1.165) is 19.5 Å². The highest BCUT2D eigenvalue weighted by atomic mass is 19.1. The van der Waals surface area contributed by atoms with Gasteiger partial charge in [-0.05, 0) is 18.2 Å². The second-order valence-corrected chi connectivity index (χ2v) is 6.46. The van der Waals surface area contributed by atoms with Crippen LogP contribution in [0.4, 0.5) is 4.39 Å². The number of hydrogen-bond acceptors (Lipinski definition) is 5. The van der Waals surface area contributed by atoms with Gasteiger partial charge in [-0.3, -0.25) is 9.69 Å². The summed E-state index contributed by atoms with van der Waals surface area (Å²) in [4.78, 5) is 24.7. The van der Waals surface area contributed by atoms with Gasteiger partial charge in [-0.1, -0.05) is 6.07 Å². The number of rotatable bonds is 3. The van der Waals surface area contributed by atoms with Crippen molar-refractivity contribution >= 4 is 5.91 Å². The summed E-state index contributed by atoms with van der Waals surface area (Å²) in [6.07, 6.45) is 5.71. The third kappa shape index (κ3) is 3.46. The summed E-state index contributed by atoms with van der Waals surface area (Å²) in [6, 6.07) is 6.14. The summed E-state index contributed by atoms with van der Waals surface area (Å²) >= 11 is 0. The van der Waals surface area contributed by atoms with E-state index in [1.54, 1.807) is 24.5 Å². The number of hydrogen-bond donors (Lipinski definition) is 0. The Labute approximate surface area is 145 Å². The van der Waals surface area contributed by atoms with Gasteiger partial charge < -0.3 is 9.64 Å². The quantitative estimate of drug-likeness (QED) is 0.848. The fraction of sp³-hybridized carbons (Fsp3) is 0.389. The maximum absolute atomic E-state index is 13.4. The van der Waals surface area contributed by atoms with Gasteiger partial charge in [0.05, 0.1) is 12.4 Å². The van der Waals surface area contributed by atoms with Crippen LogP contribution in [0.1, 0.15) is 16.8 Å². The fourth-order valence-electron chi connectivity index (χ4n) is 3.61. The summed E-state index contributed by atoms with van der Waals surface area (Å²) in [7, 11) is 0. The second-order valence-electron chi connectivity index (χ2n) is 6.46. The van der Waals surface area contributed by atoms with Gasteiger partial charge in [0.15, 0.2) is 5.75 Å². The second kappa shape index (κ2) is 6.76. The molecule has 0 unspecified atom stereocenters. The van der Waals surface area contributed by atoms with Gasteiger partial charge in [-0.15, -0.1) is 0 Å². The molecule has 7 heteroatoms. The third-order valence-corrected chi connectivity index (χ3v) is 4.78. The molecular formula is C18H19FN4O2. The smallest absolute Gasteiger partial charge is 0.254 e. The zero-order valence-corrected chi connectivity index (χ0v) is 13.7. The Hall–Kier alpha value is -2.54. The number of carbonyl (C=O) groups is 1. The first kappa shape index (κ1) is 16.0. The van der Waals surface area contributed by atoms with Crippen LogP contribution in [0.25, 0.3) is 0 Å². The summed E-state index contributed by atoms with van der Waals surface area (Å²) < 4.78 is 19.3. The van der Waals surface area contributed by atoms with Gasteiger partial charge in [-0.25, -0.2) is 14.4 Å². The van der Waals surface area contributed by atoms with E-state index in [4.69, 9.17) is 4.74 Å². The van der Waals surface area contributed by atoms with Crippen LogP contribution in [0, 0.1) is 5.82 Å². The van der Waals surface area contributed by atoms with Crippen molar-refractivity contribution < 1.29 is 13.9 Å². The molecule has 1 aromatic heterocycles. The Bertz CT molecular complexity index is 758. The number of carbonyl (C=O) groups excluding carboxylic acids is 1. The first-order valence-corrected chi connectivity index (χ1v) is 8.39. The normalized spacial score (nSPS) is 23.3. The molecule has 25 heavy (non-hydrogen) atoms. The van der Waals surface area contributed by atoms with E-state index in [1.165, 1.54) is 18.5 Å². The number of benzene rings is 1. The molecule has 0 N–H and O–H groups in total. The van der Waals surface area contributed by atoms with E-state index >= 15 is 0 Å². The molecule has 0 saturated carbocycles. The molecule has 2 aromatic rings. The highest BCUT2D eigenvalue weighted by Gasteiger charge is 2.38. The third-order valence-electron chi connectivity index (χ3n) is 4.78. The summed E-state index contributed by atoms with van der Waals surface area (Å²) in [5, 5.41) is 0. The lowest BCUT2D eigenvalue weighted by Gasteiger charge is -2.37. The molecule has 1 aromatic carbocycles. The van der Waals surface area contributed by atoms with Crippen molar-refractivity contribution in [1.82, 2.24) is 19.8 Å². The van der Waals surface area contributed by atoms with Crippen molar-refractivity contribution in [3.8, 4) is 5.75 Å². The minimum Gasteiger partial charge on any atom is -0.486 e. The maximum Gasteiger partial charge on any atom is 0.254 e. The molecule has 2 saturated heterocycles. The number of amides is 1. The van der Waals surface area contributed by atoms with Crippen LogP contribution in [0.2, 0.25) is 0 Å². The van der Waals surface area contributed by atoms with Gasteiger partial charge in [-0.2, -0.15) is 0 Å². The number of halogens is 1. The Balaban J connectivity index is 1.39. The van der Waals surface area contributed by atoms with Crippen molar-refractivity contribution in [2.75, 3.05) is 26.2 Å². The standard InChI is InChI=1S/C18H19FN4O2/c19-14-3-1-2-13(6-14)18(24)23-5-4-22-11-16(7-15(22)10-23)25-17-8-20-12-21-9-17/h1-3,6,8-9,12,15-16H,4-5,7,10-11H2/t15-,16+/m0/s1. The van der Waals surface area contributed by atoms with Crippen LogP contribution < -0.4 is 4.74 Å². The van der Waals surface area contributed by atoms with Crippen molar-refractivity contribution in [1.29, 1.82) is 0 Å². The van der Waals surface area contributed by atoms with E-state index in [9.17, 15) is 9.18 Å². The number of ether oxygens (including phenoxy) is 1. The monoisotopic (exact) mass is 342 g/mol. The fourth-order valence-corrected chi connectivity index (χ4v) is 3.61. The van der Waals surface area contributed by atoms with Crippen LogP contribution in [0.3, 0.4) is 0 Å². The Morgan fingerprint density at radius 3 is 2.84 bits per heavy atom. The summed E-state index contributed by atoms with van der Waals surface area (Å²) in [5.74, 6) is 0.170. The molecule has 3 heterocycles. The highest BCUT2D eigenvalue weighted by molar-refractivity contribution is 5.94. The van der Waals surface area contributed by atoms with E-state index < -0.39 is 0 Å². The van der Waals surface area contributed by atoms with E-state index in [2.05, 4.69) is 14.9 Å². The molecule has 2 atom stereocenters. The molecule has 130 valence electrons. The van der Waals surface area contributed by atoms with Gasteiger partial charge >= 0.3 is 0 Å². The Morgan fingerprint density at radius 2 is 2.04 bits per heavy atom. The number of piperazine rings is 1. The number of aromatic nitrogens is 2. The Morgan fingerprint density at radius 1 is 1.20 bits per heavy atom. The van der Waals surface area contributed by atoms with Crippen LogP contribution in [0.15, 0.2) is 43.0 Å². The van der Waals surface area contributed by atoms with Crippen molar-refractivity contribution in [2.45, 2.75) is 18.6 Å². The molecule has 4 rings (SSSR count). The predicted octanol–water partition coefficient (Wildman–Crippen LogP) is 1.59. The minimum absolute atomic E-state index is 0.0696. The molecule has 0 radical (unpaired) electrons.